The molecule has 0 unspecified atom stereocenters. The lowest BCUT2D eigenvalue weighted by Crippen LogP contribution is -2.36. The average molecular weight is 392 g/mol. The molecule has 0 aliphatic rings. The maximum atomic E-state index is 13.4. The number of rotatable bonds is 5. The molecule has 146 valence electrons. The topological polar surface area (TPSA) is 85.9 Å². The Kier molecular flexibility index (Phi) is 4.86. The number of hydrogen-bond acceptors (Lipinski definition) is 5. The molecule has 3 heterocycles. The van der Waals surface area contributed by atoms with Crippen LogP contribution in [0.15, 0.2) is 66.0 Å². The minimum absolute atomic E-state index is 0.183. The molecule has 0 spiro atoms. The van der Waals surface area contributed by atoms with Gasteiger partial charge in [-0.2, -0.15) is 5.10 Å². The Bertz CT molecular complexity index is 1220. The van der Waals surface area contributed by atoms with Crippen molar-refractivity contribution in [2.24, 2.45) is 7.05 Å². The summed E-state index contributed by atoms with van der Waals surface area (Å²) in [5.41, 5.74) is 1.26. The molecule has 1 amide bonds. The molecule has 0 atom stereocenters. The average Bonchev–Trinajstić information content (AvgIpc) is 3.11. The van der Waals surface area contributed by atoms with E-state index in [0.717, 1.165) is 0 Å². The van der Waals surface area contributed by atoms with Crippen LogP contribution in [0.25, 0.3) is 11.0 Å². The number of aromatic nitrogens is 5. The lowest BCUT2D eigenvalue weighted by Gasteiger charge is -2.23. The van der Waals surface area contributed by atoms with Gasteiger partial charge < -0.3 is 4.90 Å². The summed E-state index contributed by atoms with van der Waals surface area (Å²) in [4.78, 5) is 35.7. The van der Waals surface area contributed by atoms with E-state index in [4.69, 9.17) is 0 Å². The third-order valence-electron chi connectivity index (χ3n) is 4.51. The van der Waals surface area contributed by atoms with Crippen molar-refractivity contribution < 1.29 is 9.18 Å². The van der Waals surface area contributed by atoms with Gasteiger partial charge in [-0.3, -0.25) is 23.8 Å². The summed E-state index contributed by atoms with van der Waals surface area (Å²) in [7, 11) is 1.69. The van der Waals surface area contributed by atoms with E-state index >= 15 is 0 Å². The van der Waals surface area contributed by atoms with Gasteiger partial charge in [0.1, 0.15) is 24.1 Å². The Labute approximate surface area is 164 Å². The number of pyridine rings is 1. The first-order chi connectivity index (χ1) is 14.0. The molecule has 8 nitrogen and oxygen atoms in total. The molecule has 0 fully saturated rings. The van der Waals surface area contributed by atoms with Crippen LogP contribution in [0.5, 0.6) is 0 Å². The molecule has 0 aliphatic carbocycles. The van der Waals surface area contributed by atoms with Crippen molar-refractivity contribution in [1.82, 2.24) is 24.3 Å². The molecule has 29 heavy (non-hydrogen) atoms. The number of fused-ring (bicyclic) bond motifs is 1. The first-order valence-corrected chi connectivity index (χ1v) is 8.86. The number of hydrogen-bond donors (Lipinski definition) is 0. The van der Waals surface area contributed by atoms with E-state index in [1.54, 1.807) is 25.4 Å². The largest absolute Gasteiger partial charge is 0.305 e. The van der Waals surface area contributed by atoms with Gasteiger partial charge in [-0.1, -0.05) is 6.07 Å². The highest BCUT2D eigenvalue weighted by Crippen LogP contribution is 2.18. The van der Waals surface area contributed by atoms with Crippen molar-refractivity contribution in [2.45, 2.75) is 13.1 Å². The van der Waals surface area contributed by atoms with Gasteiger partial charge in [0.15, 0.2) is 5.65 Å². The first-order valence-electron chi connectivity index (χ1n) is 8.86. The molecule has 0 aliphatic heterocycles. The zero-order valence-electron chi connectivity index (χ0n) is 15.6. The number of nitrogens with zero attached hydrogens (tertiary/aromatic N) is 6. The molecule has 3 aromatic heterocycles. The van der Waals surface area contributed by atoms with E-state index in [1.807, 2.05) is 6.07 Å². The summed E-state index contributed by atoms with van der Waals surface area (Å²) in [6, 6.07) is 11.0. The van der Waals surface area contributed by atoms with E-state index in [1.165, 1.54) is 50.9 Å². The summed E-state index contributed by atoms with van der Waals surface area (Å²) in [6.45, 7) is -0.0382. The Morgan fingerprint density at radius 2 is 1.93 bits per heavy atom. The Morgan fingerprint density at radius 1 is 1.14 bits per heavy atom. The van der Waals surface area contributed by atoms with Crippen LogP contribution in [0.3, 0.4) is 0 Å². The van der Waals surface area contributed by atoms with Gasteiger partial charge in [0.2, 0.25) is 5.91 Å². The van der Waals surface area contributed by atoms with Gasteiger partial charge in [0.25, 0.3) is 5.56 Å². The molecule has 0 saturated heterocycles. The van der Waals surface area contributed by atoms with E-state index in [-0.39, 0.29) is 24.6 Å². The minimum Gasteiger partial charge on any atom is -0.305 e. The number of benzene rings is 1. The fourth-order valence-corrected chi connectivity index (χ4v) is 3.01. The SMILES string of the molecule is Cn1ncc2c(=O)n(CC(=O)N(Cc3ccccn3)c3ccc(F)cc3)cnc21. The van der Waals surface area contributed by atoms with E-state index in [2.05, 4.69) is 15.1 Å². The molecule has 9 heteroatoms. The van der Waals surface area contributed by atoms with Crippen molar-refractivity contribution in [3.8, 4) is 0 Å². The van der Waals surface area contributed by atoms with Crippen LogP contribution in [0.1, 0.15) is 5.69 Å². The lowest BCUT2D eigenvalue weighted by atomic mass is 10.2. The van der Waals surface area contributed by atoms with Crippen molar-refractivity contribution in [3.63, 3.8) is 0 Å². The van der Waals surface area contributed by atoms with Crippen molar-refractivity contribution in [3.05, 3.63) is 83.1 Å². The molecular weight excluding hydrogens is 375 g/mol. The van der Waals surface area contributed by atoms with Crippen LogP contribution >= 0.6 is 0 Å². The quantitative estimate of drug-likeness (QED) is 0.518. The second-order valence-corrected chi connectivity index (χ2v) is 6.46. The third kappa shape index (κ3) is 3.75. The molecule has 0 N–H and O–H groups in total. The molecule has 4 rings (SSSR count). The summed E-state index contributed by atoms with van der Waals surface area (Å²) in [6.07, 6.45) is 4.39. The van der Waals surface area contributed by atoms with Gasteiger partial charge in [-0.15, -0.1) is 0 Å². The smallest absolute Gasteiger partial charge is 0.264 e. The van der Waals surface area contributed by atoms with Crippen LogP contribution in [-0.2, 0) is 24.9 Å². The second-order valence-electron chi connectivity index (χ2n) is 6.46. The maximum absolute atomic E-state index is 13.4. The van der Waals surface area contributed by atoms with Gasteiger partial charge in [0.05, 0.1) is 18.4 Å². The number of halogens is 1. The van der Waals surface area contributed by atoms with E-state index in [9.17, 15) is 14.0 Å². The highest BCUT2D eigenvalue weighted by Gasteiger charge is 2.19. The molecular formula is C20H17FN6O2. The number of carbonyl (C=O) groups is 1. The Balaban J connectivity index is 1.67. The monoisotopic (exact) mass is 392 g/mol. The van der Waals surface area contributed by atoms with E-state index in [0.29, 0.717) is 22.4 Å². The zero-order valence-corrected chi connectivity index (χ0v) is 15.6. The Hall–Kier alpha value is -3.88. The maximum Gasteiger partial charge on any atom is 0.264 e. The van der Waals surface area contributed by atoms with Crippen molar-refractivity contribution in [2.75, 3.05) is 4.90 Å². The summed E-state index contributed by atoms with van der Waals surface area (Å²) >= 11 is 0. The van der Waals surface area contributed by atoms with Crippen LogP contribution in [0.4, 0.5) is 10.1 Å². The number of amides is 1. The first kappa shape index (κ1) is 18.5. The van der Waals surface area contributed by atoms with Gasteiger partial charge >= 0.3 is 0 Å². The van der Waals surface area contributed by atoms with Gasteiger partial charge in [-0.25, -0.2) is 9.37 Å². The van der Waals surface area contributed by atoms with Crippen molar-refractivity contribution >= 4 is 22.6 Å². The lowest BCUT2D eigenvalue weighted by molar-refractivity contribution is -0.119. The van der Waals surface area contributed by atoms with Crippen LogP contribution in [-0.4, -0.2) is 30.2 Å². The van der Waals surface area contributed by atoms with Crippen molar-refractivity contribution in [1.29, 1.82) is 0 Å². The summed E-state index contributed by atoms with van der Waals surface area (Å²) in [5, 5.41) is 4.36. The normalized spacial score (nSPS) is 11.0. The fraction of sp³-hybridized carbons (Fsp3) is 0.150. The minimum atomic E-state index is -0.401. The second kappa shape index (κ2) is 7.63. The predicted molar refractivity (Wildman–Crippen MR) is 105 cm³/mol. The fourth-order valence-electron chi connectivity index (χ4n) is 3.01. The summed E-state index contributed by atoms with van der Waals surface area (Å²) < 4.78 is 16.1. The zero-order chi connectivity index (χ0) is 20.4. The summed E-state index contributed by atoms with van der Waals surface area (Å²) in [5.74, 6) is -0.754. The standard InChI is InChI=1S/C20H17FN6O2/c1-25-19-17(10-24-25)20(29)26(13-23-19)12-18(28)27(11-15-4-2-3-9-22-15)16-7-5-14(21)6-8-16/h2-10,13H,11-12H2,1H3. The molecule has 0 bridgehead atoms. The molecule has 1 aromatic carbocycles. The van der Waals surface area contributed by atoms with Crippen LogP contribution in [0.2, 0.25) is 0 Å². The molecule has 0 radical (unpaired) electrons. The number of anilines is 1. The van der Waals surface area contributed by atoms with Gasteiger partial charge in [0, 0.05) is 18.9 Å². The van der Waals surface area contributed by atoms with Crippen LogP contribution in [0, 0.1) is 5.82 Å². The highest BCUT2D eigenvalue weighted by molar-refractivity contribution is 5.93. The molecule has 0 saturated carbocycles. The van der Waals surface area contributed by atoms with Gasteiger partial charge in [-0.05, 0) is 36.4 Å². The Morgan fingerprint density at radius 3 is 2.66 bits per heavy atom. The predicted octanol–water partition coefficient (Wildman–Crippen LogP) is 1.90. The third-order valence-corrected chi connectivity index (χ3v) is 4.51. The highest BCUT2D eigenvalue weighted by atomic mass is 19.1. The van der Waals surface area contributed by atoms with E-state index < -0.39 is 5.82 Å². The molecule has 4 aromatic rings. The number of aryl methyl sites for hydroxylation is 1. The van der Waals surface area contributed by atoms with Crippen LogP contribution < -0.4 is 10.5 Å². The number of carbonyl (C=O) groups excluding carboxylic acids is 1.